The summed E-state index contributed by atoms with van der Waals surface area (Å²) >= 11 is 0. The molecule has 1 heterocycles. The Morgan fingerprint density at radius 2 is 1.87 bits per heavy atom. The van der Waals surface area contributed by atoms with Crippen molar-refractivity contribution in [2.24, 2.45) is 0 Å². The van der Waals surface area contributed by atoms with E-state index >= 15 is 0 Å². The van der Waals surface area contributed by atoms with Crippen LogP contribution in [-0.2, 0) is 17.8 Å². The van der Waals surface area contributed by atoms with Crippen LogP contribution >= 0.6 is 0 Å². The van der Waals surface area contributed by atoms with Gasteiger partial charge in [0.15, 0.2) is 6.10 Å². The monoisotopic (exact) mass is 306 g/mol. The summed E-state index contributed by atoms with van der Waals surface area (Å²) in [5.74, 6) is 0.589. The zero-order chi connectivity index (χ0) is 16.2. The van der Waals surface area contributed by atoms with Gasteiger partial charge in [-0.1, -0.05) is 24.3 Å². The lowest BCUT2D eigenvalue weighted by Gasteiger charge is -2.31. The van der Waals surface area contributed by atoms with E-state index in [1.165, 1.54) is 11.1 Å². The van der Waals surface area contributed by atoms with Crippen molar-refractivity contribution < 1.29 is 9.53 Å². The van der Waals surface area contributed by atoms with E-state index in [0.717, 1.165) is 13.0 Å². The number of benzene rings is 2. The third kappa shape index (κ3) is 3.35. The summed E-state index contributed by atoms with van der Waals surface area (Å²) in [6.45, 7) is 3.12. The number of nitrogens with zero attached hydrogens (tertiary/aromatic N) is 2. The fourth-order valence-corrected chi connectivity index (χ4v) is 2.80. The van der Waals surface area contributed by atoms with Crippen LogP contribution in [-0.4, -0.2) is 23.5 Å². The highest BCUT2D eigenvalue weighted by atomic mass is 16.5. The van der Waals surface area contributed by atoms with E-state index in [-0.39, 0.29) is 5.91 Å². The van der Waals surface area contributed by atoms with E-state index in [9.17, 15) is 4.79 Å². The molecule has 4 nitrogen and oxygen atoms in total. The Bertz CT molecular complexity index is 747. The largest absolute Gasteiger partial charge is 0.481 e. The van der Waals surface area contributed by atoms with E-state index in [0.29, 0.717) is 17.9 Å². The molecule has 1 aliphatic heterocycles. The van der Waals surface area contributed by atoms with Crippen molar-refractivity contribution in [3.8, 4) is 11.8 Å². The number of ether oxygens (including phenoxy) is 1. The van der Waals surface area contributed by atoms with E-state index in [1.54, 1.807) is 31.2 Å². The molecular weight excluding hydrogens is 288 g/mol. The number of rotatable bonds is 3. The van der Waals surface area contributed by atoms with E-state index in [4.69, 9.17) is 10.00 Å². The van der Waals surface area contributed by atoms with Gasteiger partial charge in [0.1, 0.15) is 5.75 Å². The van der Waals surface area contributed by atoms with Gasteiger partial charge in [-0.25, -0.2) is 0 Å². The molecular formula is C19H18N2O2. The van der Waals surface area contributed by atoms with Gasteiger partial charge in [0.05, 0.1) is 11.6 Å². The lowest BCUT2D eigenvalue weighted by Crippen LogP contribution is -2.43. The lowest BCUT2D eigenvalue weighted by molar-refractivity contribution is -0.138. The van der Waals surface area contributed by atoms with Gasteiger partial charge in [0.2, 0.25) is 0 Å². The topological polar surface area (TPSA) is 53.3 Å². The fourth-order valence-electron chi connectivity index (χ4n) is 2.80. The highest BCUT2D eigenvalue weighted by Gasteiger charge is 2.25. The van der Waals surface area contributed by atoms with Crippen molar-refractivity contribution in [1.82, 2.24) is 4.90 Å². The predicted octanol–water partition coefficient (Wildman–Crippen LogP) is 2.91. The first kappa shape index (κ1) is 15.1. The van der Waals surface area contributed by atoms with Crippen molar-refractivity contribution in [2.45, 2.75) is 26.0 Å². The van der Waals surface area contributed by atoms with E-state index < -0.39 is 6.10 Å². The van der Waals surface area contributed by atoms with Crippen LogP contribution in [0.1, 0.15) is 23.6 Å². The molecule has 2 aromatic rings. The summed E-state index contributed by atoms with van der Waals surface area (Å²) in [5, 5.41) is 8.80. The maximum absolute atomic E-state index is 12.6. The van der Waals surface area contributed by atoms with E-state index in [1.807, 2.05) is 17.0 Å². The highest BCUT2D eigenvalue weighted by Crippen LogP contribution is 2.20. The van der Waals surface area contributed by atoms with Gasteiger partial charge < -0.3 is 9.64 Å². The first-order valence-electron chi connectivity index (χ1n) is 7.70. The van der Waals surface area contributed by atoms with Crippen molar-refractivity contribution in [3.05, 3.63) is 65.2 Å². The number of hydrogen-bond donors (Lipinski definition) is 0. The Kier molecular flexibility index (Phi) is 4.29. The number of carbonyl (C=O) groups excluding carboxylic acids is 1. The molecule has 4 heteroatoms. The lowest BCUT2D eigenvalue weighted by atomic mass is 9.99. The molecule has 116 valence electrons. The smallest absolute Gasteiger partial charge is 0.263 e. The molecule has 2 aromatic carbocycles. The van der Waals surface area contributed by atoms with Gasteiger partial charge in [-0.3, -0.25) is 4.79 Å². The molecule has 0 spiro atoms. The molecule has 0 fully saturated rings. The molecule has 3 rings (SSSR count). The van der Waals surface area contributed by atoms with Crippen LogP contribution in [0, 0.1) is 11.3 Å². The van der Waals surface area contributed by atoms with Crippen LogP contribution in [0.25, 0.3) is 0 Å². The standard InChI is InChI=1S/C19H18N2O2/c1-14(23-18-8-6-15(12-20)7-9-18)19(22)21-11-10-16-4-2-3-5-17(16)13-21/h2-9,14H,10-11,13H2,1H3/t14-/m1/s1. The minimum absolute atomic E-state index is 0.0103. The Morgan fingerprint density at radius 1 is 1.17 bits per heavy atom. The molecule has 1 atom stereocenters. The third-order valence-corrected chi connectivity index (χ3v) is 4.09. The number of carbonyl (C=O) groups is 1. The number of fused-ring (bicyclic) bond motifs is 1. The summed E-state index contributed by atoms with van der Waals surface area (Å²) < 4.78 is 5.72. The Balaban J connectivity index is 1.65. The predicted molar refractivity (Wildman–Crippen MR) is 86.8 cm³/mol. The Hall–Kier alpha value is -2.80. The summed E-state index contributed by atoms with van der Waals surface area (Å²) in [4.78, 5) is 14.4. The van der Waals surface area contributed by atoms with Gasteiger partial charge in [-0.05, 0) is 48.7 Å². The normalized spacial score (nSPS) is 14.5. The molecule has 0 aliphatic carbocycles. The zero-order valence-electron chi connectivity index (χ0n) is 13.0. The molecule has 0 saturated heterocycles. The average molecular weight is 306 g/mol. The Morgan fingerprint density at radius 3 is 2.57 bits per heavy atom. The molecule has 0 N–H and O–H groups in total. The van der Waals surface area contributed by atoms with Gasteiger partial charge >= 0.3 is 0 Å². The van der Waals surface area contributed by atoms with Crippen LogP contribution in [0.2, 0.25) is 0 Å². The fraction of sp³-hybridized carbons (Fsp3) is 0.263. The molecule has 0 bridgehead atoms. The third-order valence-electron chi connectivity index (χ3n) is 4.09. The van der Waals surface area contributed by atoms with Gasteiger partial charge in [-0.2, -0.15) is 5.26 Å². The maximum Gasteiger partial charge on any atom is 0.263 e. The second-order valence-electron chi connectivity index (χ2n) is 5.67. The number of amides is 1. The summed E-state index contributed by atoms with van der Waals surface area (Å²) in [5.41, 5.74) is 3.10. The molecule has 0 unspecified atom stereocenters. The molecule has 23 heavy (non-hydrogen) atoms. The summed E-state index contributed by atoms with van der Waals surface area (Å²) in [6.07, 6.45) is 0.332. The quantitative estimate of drug-likeness (QED) is 0.876. The molecule has 1 amide bonds. The highest BCUT2D eigenvalue weighted by molar-refractivity contribution is 5.81. The first-order chi connectivity index (χ1) is 11.2. The first-order valence-corrected chi connectivity index (χ1v) is 7.70. The molecule has 0 aromatic heterocycles. The van der Waals surface area contributed by atoms with Crippen molar-refractivity contribution in [3.63, 3.8) is 0 Å². The SMILES string of the molecule is C[C@@H](Oc1ccc(C#N)cc1)C(=O)N1CCc2ccccc2C1. The second kappa shape index (κ2) is 6.53. The van der Waals surface area contributed by atoms with Crippen molar-refractivity contribution >= 4 is 5.91 Å². The number of hydrogen-bond acceptors (Lipinski definition) is 3. The van der Waals surface area contributed by atoms with Crippen molar-refractivity contribution in [1.29, 1.82) is 5.26 Å². The average Bonchev–Trinajstić information content (AvgIpc) is 2.61. The van der Waals surface area contributed by atoms with Crippen LogP contribution in [0.15, 0.2) is 48.5 Å². The summed E-state index contributed by atoms with van der Waals surface area (Å²) in [7, 11) is 0. The number of nitriles is 1. The molecule has 1 aliphatic rings. The van der Waals surface area contributed by atoms with Crippen LogP contribution in [0.3, 0.4) is 0 Å². The van der Waals surface area contributed by atoms with Gasteiger partial charge in [0.25, 0.3) is 5.91 Å². The van der Waals surface area contributed by atoms with Gasteiger partial charge in [0, 0.05) is 13.1 Å². The molecule has 0 saturated carbocycles. The maximum atomic E-state index is 12.6. The second-order valence-corrected chi connectivity index (χ2v) is 5.67. The van der Waals surface area contributed by atoms with E-state index in [2.05, 4.69) is 18.2 Å². The van der Waals surface area contributed by atoms with Crippen LogP contribution in [0.4, 0.5) is 0 Å². The van der Waals surface area contributed by atoms with Crippen LogP contribution in [0.5, 0.6) is 5.75 Å². The zero-order valence-corrected chi connectivity index (χ0v) is 13.0. The Labute approximate surface area is 135 Å². The van der Waals surface area contributed by atoms with Gasteiger partial charge in [-0.15, -0.1) is 0 Å². The summed E-state index contributed by atoms with van der Waals surface area (Å²) in [6, 6.07) is 17.1. The molecule has 0 radical (unpaired) electrons. The van der Waals surface area contributed by atoms with Crippen LogP contribution < -0.4 is 4.74 Å². The minimum atomic E-state index is -0.548. The minimum Gasteiger partial charge on any atom is -0.481 e. The van der Waals surface area contributed by atoms with Crippen molar-refractivity contribution in [2.75, 3.05) is 6.54 Å².